The number of rotatable bonds is 4. The maximum atomic E-state index is 12.3. The molecule has 0 fully saturated rings. The first-order valence-corrected chi connectivity index (χ1v) is 6.89. The van der Waals surface area contributed by atoms with E-state index in [9.17, 15) is 4.79 Å². The van der Waals surface area contributed by atoms with Crippen LogP contribution in [0.25, 0.3) is 0 Å². The fourth-order valence-electron chi connectivity index (χ4n) is 1.83. The molecule has 0 radical (unpaired) electrons. The van der Waals surface area contributed by atoms with Crippen molar-refractivity contribution in [1.82, 2.24) is 0 Å². The lowest BCUT2D eigenvalue weighted by atomic mass is 10.0. The minimum Gasteiger partial charge on any atom is -0.496 e. The highest BCUT2D eigenvalue weighted by atomic mass is 79.9. The van der Waals surface area contributed by atoms with Gasteiger partial charge in [0.05, 0.1) is 7.11 Å². The quantitative estimate of drug-likeness (QED) is 0.765. The third kappa shape index (κ3) is 3.37. The van der Waals surface area contributed by atoms with Crippen molar-refractivity contribution in [2.75, 3.05) is 7.11 Å². The summed E-state index contributed by atoms with van der Waals surface area (Å²) in [6.45, 7) is 0. The van der Waals surface area contributed by atoms with Crippen molar-refractivity contribution in [2.45, 2.75) is 6.42 Å². The molecule has 0 amide bonds. The monoisotopic (exact) mass is 338 g/mol. The Balaban J connectivity index is 2.28. The van der Waals surface area contributed by atoms with Gasteiger partial charge in [-0.25, -0.2) is 0 Å². The van der Waals surface area contributed by atoms with Crippen LogP contribution in [-0.2, 0) is 6.42 Å². The lowest BCUT2D eigenvalue weighted by Crippen LogP contribution is -2.05. The molecule has 0 atom stereocenters. The molecule has 0 N–H and O–H groups in total. The summed E-state index contributed by atoms with van der Waals surface area (Å²) in [4.78, 5) is 12.3. The first-order chi connectivity index (χ1) is 9.11. The molecule has 0 aromatic heterocycles. The molecule has 0 bridgehead atoms. The van der Waals surface area contributed by atoms with E-state index in [-0.39, 0.29) is 12.2 Å². The zero-order valence-electron chi connectivity index (χ0n) is 10.3. The fraction of sp³-hybridized carbons (Fsp3) is 0.133. The zero-order chi connectivity index (χ0) is 13.8. The highest BCUT2D eigenvalue weighted by Crippen LogP contribution is 2.25. The highest BCUT2D eigenvalue weighted by Gasteiger charge is 2.13. The number of ketones is 1. The van der Waals surface area contributed by atoms with E-state index in [2.05, 4.69) is 15.9 Å². The maximum Gasteiger partial charge on any atom is 0.168 e. The Morgan fingerprint density at radius 2 is 2.00 bits per heavy atom. The van der Waals surface area contributed by atoms with E-state index in [0.717, 1.165) is 10.0 Å². The minimum absolute atomic E-state index is 0.00104. The zero-order valence-corrected chi connectivity index (χ0v) is 12.7. The van der Waals surface area contributed by atoms with Gasteiger partial charge in [0.2, 0.25) is 0 Å². The van der Waals surface area contributed by atoms with Gasteiger partial charge in [0, 0.05) is 27.0 Å². The molecule has 0 spiro atoms. The van der Waals surface area contributed by atoms with Gasteiger partial charge < -0.3 is 4.74 Å². The number of halogens is 2. The third-order valence-electron chi connectivity index (χ3n) is 2.77. The summed E-state index contributed by atoms with van der Waals surface area (Å²) in [5.74, 6) is 0.716. The average molecular weight is 340 g/mol. The average Bonchev–Trinajstić information content (AvgIpc) is 2.42. The van der Waals surface area contributed by atoms with Crippen LogP contribution < -0.4 is 4.74 Å². The van der Waals surface area contributed by atoms with Crippen molar-refractivity contribution in [2.24, 2.45) is 0 Å². The van der Waals surface area contributed by atoms with Crippen LogP contribution in [-0.4, -0.2) is 12.9 Å². The van der Waals surface area contributed by atoms with Crippen molar-refractivity contribution < 1.29 is 9.53 Å². The lowest BCUT2D eigenvalue weighted by Gasteiger charge is -2.08. The predicted molar refractivity (Wildman–Crippen MR) is 80.2 cm³/mol. The van der Waals surface area contributed by atoms with Crippen molar-refractivity contribution in [3.05, 3.63) is 63.1 Å². The molecule has 0 aliphatic carbocycles. The van der Waals surface area contributed by atoms with Crippen LogP contribution in [0.3, 0.4) is 0 Å². The van der Waals surface area contributed by atoms with Gasteiger partial charge in [0.25, 0.3) is 0 Å². The number of Topliss-reactive ketones (excluding diaryl/α,β-unsaturated/α-hetero) is 1. The van der Waals surface area contributed by atoms with E-state index in [1.807, 2.05) is 24.3 Å². The third-order valence-corrected chi connectivity index (χ3v) is 3.70. The van der Waals surface area contributed by atoms with E-state index < -0.39 is 0 Å². The molecule has 98 valence electrons. The largest absolute Gasteiger partial charge is 0.496 e. The number of hydrogen-bond acceptors (Lipinski definition) is 2. The number of benzene rings is 2. The van der Waals surface area contributed by atoms with Gasteiger partial charge in [-0.05, 0) is 24.3 Å². The van der Waals surface area contributed by atoms with Gasteiger partial charge in [-0.2, -0.15) is 0 Å². The summed E-state index contributed by atoms with van der Waals surface area (Å²) in [7, 11) is 1.60. The smallest absolute Gasteiger partial charge is 0.168 e. The molecule has 2 nitrogen and oxygen atoms in total. The van der Waals surface area contributed by atoms with E-state index in [0.29, 0.717) is 16.3 Å². The summed E-state index contributed by atoms with van der Waals surface area (Å²) in [6, 6.07) is 12.7. The molecular weight excluding hydrogens is 328 g/mol. The van der Waals surface area contributed by atoms with Gasteiger partial charge in [0.1, 0.15) is 5.75 Å². The SMILES string of the molecule is COc1ccccc1CC(=O)c1cc(Cl)ccc1Br. The Bertz CT molecular complexity index is 611. The van der Waals surface area contributed by atoms with Crippen LogP contribution in [0.2, 0.25) is 5.02 Å². The highest BCUT2D eigenvalue weighted by molar-refractivity contribution is 9.10. The maximum absolute atomic E-state index is 12.3. The second kappa shape index (κ2) is 6.22. The molecule has 19 heavy (non-hydrogen) atoms. The van der Waals surface area contributed by atoms with E-state index in [4.69, 9.17) is 16.3 Å². The number of methoxy groups -OCH3 is 1. The van der Waals surface area contributed by atoms with E-state index >= 15 is 0 Å². The molecule has 0 aliphatic rings. The Morgan fingerprint density at radius 3 is 2.74 bits per heavy atom. The molecular formula is C15H12BrClO2. The lowest BCUT2D eigenvalue weighted by molar-refractivity contribution is 0.0991. The van der Waals surface area contributed by atoms with Crippen LogP contribution in [0.4, 0.5) is 0 Å². The summed E-state index contributed by atoms with van der Waals surface area (Å²) in [5, 5.41) is 0.548. The standard InChI is InChI=1S/C15H12BrClO2/c1-19-15-5-3-2-4-10(15)8-14(18)12-9-11(17)6-7-13(12)16/h2-7,9H,8H2,1H3. The van der Waals surface area contributed by atoms with Crippen molar-refractivity contribution in [3.8, 4) is 5.75 Å². The summed E-state index contributed by atoms with van der Waals surface area (Å²) >= 11 is 9.29. The van der Waals surface area contributed by atoms with Crippen molar-refractivity contribution in [1.29, 1.82) is 0 Å². The molecule has 0 saturated carbocycles. The van der Waals surface area contributed by atoms with Gasteiger partial charge in [-0.1, -0.05) is 45.7 Å². The topological polar surface area (TPSA) is 26.3 Å². The minimum atomic E-state index is -0.00104. The molecule has 0 saturated heterocycles. The summed E-state index contributed by atoms with van der Waals surface area (Å²) in [5.41, 5.74) is 1.44. The van der Waals surface area contributed by atoms with Gasteiger partial charge >= 0.3 is 0 Å². The van der Waals surface area contributed by atoms with Gasteiger partial charge in [0.15, 0.2) is 5.78 Å². The first kappa shape index (κ1) is 14.1. The number of hydrogen-bond donors (Lipinski definition) is 0. The van der Waals surface area contributed by atoms with Crippen LogP contribution in [0, 0.1) is 0 Å². The fourth-order valence-corrected chi connectivity index (χ4v) is 2.47. The van der Waals surface area contributed by atoms with Crippen molar-refractivity contribution in [3.63, 3.8) is 0 Å². The second-order valence-electron chi connectivity index (χ2n) is 4.04. The second-order valence-corrected chi connectivity index (χ2v) is 5.33. The summed E-state index contributed by atoms with van der Waals surface area (Å²) in [6.07, 6.45) is 0.281. The number of carbonyl (C=O) groups excluding carboxylic acids is 1. The van der Waals surface area contributed by atoms with Crippen molar-refractivity contribution >= 4 is 33.3 Å². The van der Waals surface area contributed by atoms with Crippen LogP contribution in [0.1, 0.15) is 15.9 Å². The molecule has 2 aromatic rings. The molecule has 0 heterocycles. The van der Waals surface area contributed by atoms with E-state index in [1.165, 1.54) is 0 Å². The van der Waals surface area contributed by atoms with Gasteiger partial charge in [-0.3, -0.25) is 4.79 Å². The number of para-hydroxylation sites is 1. The van der Waals surface area contributed by atoms with Crippen LogP contribution in [0.5, 0.6) is 5.75 Å². The predicted octanol–water partition coefficient (Wildman–Crippen LogP) is 4.54. The normalized spacial score (nSPS) is 10.3. The molecule has 2 rings (SSSR count). The molecule has 2 aromatic carbocycles. The van der Waals surface area contributed by atoms with E-state index in [1.54, 1.807) is 25.3 Å². The number of ether oxygens (including phenoxy) is 1. The number of carbonyl (C=O) groups is 1. The molecule has 4 heteroatoms. The molecule has 0 unspecified atom stereocenters. The van der Waals surface area contributed by atoms with Gasteiger partial charge in [-0.15, -0.1) is 0 Å². The van der Waals surface area contributed by atoms with Crippen LogP contribution >= 0.6 is 27.5 Å². The Hall–Kier alpha value is -1.32. The summed E-state index contributed by atoms with van der Waals surface area (Å²) < 4.78 is 5.99. The Morgan fingerprint density at radius 1 is 1.26 bits per heavy atom. The first-order valence-electron chi connectivity index (χ1n) is 5.72. The van der Waals surface area contributed by atoms with Crippen LogP contribution in [0.15, 0.2) is 46.9 Å². The molecule has 0 aliphatic heterocycles. The Labute approximate surface area is 125 Å². The Kier molecular flexibility index (Phi) is 4.61.